The minimum Gasteiger partial charge on any atom is -0.507 e. The molecule has 0 spiro atoms. The van der Waals surface area contributed by atoms with Crippen LogP contribution < -0.4 is 19.1 Å². The molecule has 1 amide bonds. The second-order valence-corrected chi connectivity index (χ2v) is 9.45. The number of benzene rings is 3. The molecule has 1 aromatic heterocycles. The lowest BCUT2D eigenvalue weighted by Gasteiger charge is -2.24. The van der Waals surface area contributed by atoms with Crippen LogP contribution in [0.5, 0.6) is 17.2 Å². The van der Waals surface area contributed by atoms with Crippen molar-refractivity contribution >= 4 is 44.1 Å². The molecule has 8 nitrogen and oxygen atoms in total. The second kappa shape index (κ2) is 10.5. The molecule has 1 fully saturated rings. The molecular formula is C29H26N2O6S. The van der Waals surface area contributed by atoms with Crippen LogP contribution in [0, 0.1) is 0 Å². The van der Waals surface area contributed by atoms with Gasteiger partial charge in [-0.3, -0.25) is 14.5 Å². The number of hydrogen-bond donors (Lipinski definition) is 1. The first-order valence-electron chi connectivity index (χ1n) is 12.2. The van der Waals surface area contributed by atoms with Crippen molar-refractivity contribution in [1.82, 2.24) is 4.98 Å². The van der Waals surface area contributed by atoms with E-state index in [2.05, 4.69) is 4.98 Å². The van der Waals surface area contributed by atoms with Gasteiger partial charge in [0.15, 0.2) is 16.6 Å². The van der Waals surface area contributed by atoms with Gasteiger partial charge in [-0.05, 0) is 49.7 Å². The van der Waals surface area contributed by atoms with E-state index in [1.54, 1.807) is 61.7 Å². The van der Waals surface area contributed by atoms with Crippen molar-refractivity contribution in [1.29, 1.82) is 0 Å². The predicted molar refractivity (Wildman–Crippen MR) is 146 cm³/mol. The summed E-state index contributed by atoms with van der Waals surface area (Å²) in [4.78, 5) is 33.0. The van der Waals surface area contributed by atoms with Crippen LogP contribution in [0.4, 0.5) is 5.13 Å². The summed E-state index contributed by atoms with van der Waals surface area (Å²) < 4.78 is 17.7. The molecule has 38 heavy (non-hydrogen) atoms. The van der Waals surface area contributed by atoms with Gasteiger partial charge in [0, 0.05) is 5.56 Å². The van der Waals surface area contributed by atoms with E-state index >= 15 is 0 Å². The molecule has 1 unspecified atom stereocenters. The maximum atomic E-state index is 13.5. The van der Waals surface area contributed by atoms with Gasteiger partial charge in [0.1, 0.15) is 11.5 Å². The molecular weight excluding hydrogens is 504 g/mol. The summed E-state index contributed by atoms with van der Waals surface area (Å²) in [6, 6.07) is 18.4. The van der Waals surface area contributed by atoms with E-state index in [9.17, 15) is 14.7 Å². The first kappa shape index (κ1) is 25.3. The Bertz CT molecular complexity index is 1550. The molecule has 194 valence electrons. The van der Waals surface area contributed by atoms with E-state index in [-0.39, 0.29) is 11.3 Å². The minimum atomic E-state index is -0.937. The lowest BCUT2D eigenvalue weighted by molar-refractivity contribution is -0.132. The van der Waals surface area contributed by atoms with Crippen LogP contribution in [0.3, 0.4) is 0 Å². The van der Waals surface area contributed by atoms with Crippen LogP contribution in [-0.4, -0.2) is 42.1 Å². The van der Waals surface area contributed by atoms with E-state index < -0.39 is 17.7 Å². The number of ether oxygens (including phenoxy) is 3. The van der Waals surface area contributed by atoms with Crippen LogP contribution >= 0.6 is 11.3 Å². The van der Waals surface area contributed by atoms with Crippen molar-refractivity contribution in [3.8, 4) is 17.2 Å². The maximum Gasteiger partial charge on any atom is 0.301 e. The molecule has 3 aromatic carbocycles. The summed E-state index contributed by atoms with van der Waals surface area (Å²) in [6.45, 7) is 4.58. The number of rotatable bonds is 8. The van der Waals surface area contributed by atoms with E-state index in [1.165, 1.54) is 16.2 Å². The number of carbonyl (C=O) groups is 2. The molecule has 1 saturated heterocycles. The molecule has 1 aliphatic rings. The summed E-state index contributed by atoms with van der Waals surface area (Å²) in [5.41, 5.74) is 1.65. The van der Waals surface area contributed by atoms with Gasteiger partial charge >= 0.3 is 5.91 Å². The molecule has 1 N–H and O–H groups in total. The fraction of sp³-hybridized carbons (Fsp3) is 0.207. The third-order valence-corrected chi connectivity index (χ3v) is 7.18. The van der Waals surface area contributed by atoms with Crippen LogP contribution in [0.25, 0.3) is 16.0 Å². The Morgan fingerprint density at radius 2 is 1.71 bits per heavy atom. The average Bonchev–Trinajstić information content (AvgIpc) is 3.47. The summed E-state index contributed by atoms with van der Waals surface area (Å²) in [6.07, 6.45) is 0. The first-order valence-corrected chi connectivity index (χ1v) is 13.0. The van der Waals surface area contributed by atoms with Gasteiger partial charge in [-0.2, -0.15) is 0 Å². The molecule has 5 rings (SSSR count). The van der Waals surface area contributed by atoms with Crippen LogP contribution in [0.1, 0.15) is 31.0 Å². The fourth-order valence-corrected chi connectivity index (χ4v) is 5.48. The number of carbonyl (C=O) groups excluding carboxylic acids is 2. The van der Waals surface area contributed by atoms with Gasteiger partial charge in [-0.25, -0.2) is 4.98 Å². The summed E-state index contributed by atoms with van der Waals surface area (Å²) in [5, 5.41) is 11.6. The highest BCUT2D eigenvalue weighted by Crippen LogP contribution is 2.46. The lowest BCUT2D eigenvalue weighted by atomic mass is 9.95. The van der Waals surface area contributed by atoms with Crippen molar-refractivity contribution in [3.05, 3.63) is 83.4 Å². The molecule has 9 heteroatoms. The number of aliphatic hydroxyl groups excluding tert-OH is 1. The number of hydrogen-bond acceptors (Lipinski definition) is 8. The largest absolute Gasteiger partial charge is 0.507 e. The quantitative estimate of drug-likeness (QED) is 0.177. The number of amides is 1. The number of aromatic nitrogens is 1. The molecule has 0 bridgehead atoms. The summed E-state index contributed by atoms with van der Waals surface area (Å²) in [5.74, 6) is -0.143. The third-order valence-electron chi connectivity index (χ3n) is 6.17. The van der Waals surface area contributed by atoms with Crippen molar-refractivity contribution in [2.24, 2.45) is 0 Å². The third kappa shape index (κ3) is 4.45. The SMILES string of the molecule is CCOc1ccc(C2/C(=C(\O)c3ccccc3)C(=O)C(=O)N2c2nc3ccc(OC)cc3s2)cc1OCC. The van der Waals surface area contributed by atoms with Gasteiger partial charge in [0.25, 0.3) is 5.78 Å². The highest BCUT2D eigenvalue weighted by molar-refractivity contribution is 7.22. The number of fused-ring (bicyclic) bond motifs is 1. The van der Waals surface area contributed by atoms with Crippen molar-refractivity contribution in [2.75, 3.05) is 25.2 Å². The predicted octanol–water partition coefficient (Wildman–Crippen LogP) is 5.73. The zero-order chi connectivity index (χ0) is 26.8. The molecule has 0 radical (unpaired) electrons. The van der Waals surface area contributed by atoms with Gasteiger partial charge in [-0.15, -0.1) is 0 Å². The van der Waals surface area contributed by atoms with E-state index in [1.807, 2.05) is 26.0 Å². The van der Waals surface area contributed by atoms with Gasteiger partial charge in [0.05, 0.1) is 42.2 Å². The summed E-state index contributed by atoms with van der Waals surface area (Å²) >= 11 is 1.27. The topological polar surface area (TPSA) is 98.2 Å². The van der Waals surface area contributed by atoms with Crippen LogP contribution in [0.15, 0.2) is 72.3 Å². The smallest absolute Gasteiger partial charge is 0.301 e. The zero-order valence-corrected chi connectivity index (χ0v) is 22.0. The number of Topliss-reactive ketones (excluding diaryl/α,β-unsaturated/α-hetero) is 1. The van der Waals surface area contributed by atoms with E-state index in [0.29, 0.717) is 52.2 Å². The van der Waals surface area contributed by atoms with Gasteiger partial charge < -0.3 is 19.3 Å². The Morgan fingerprint density at radius 1 is 0.974 bits per heavy atom. The second-order valence-electron chi connectivity index (χ2n) is 8.44. The van der Waals surface area contributed by atoms with Crippen molar-refractivity contribution < 1.29 is 28.9 Å². The first-order chi connectivity index (χ1) is 18.5. The Kier molecular flexibility index (Phi) is 7.02. The normalized spacial score (nSPS) is 16.7. The lowest BCUT2D eigenvalue weighted by Crippen LogP contribution is -2.29. The fourth-order valence-electron chi connectivity index (χ4n) is 4.46. The van der Waals surface area contributed by atoms with Gasteiger partial charge in [0.2, 0.25) is 0 Å². The number of methoxy groups -OCH3 is 1. The van der Waals surface area contributed by atoms with E-state index in [0.717, 1.165) is 4.70 Å². The highest BCUT2D eigenvalue weighted by Gasteiger charge is 2.48. The number of anilines is 1. The summed E-state index contributed by atoms with van der Waals surface area (Å²) in [7, 11) is 1.58. The van der Waals surface area contributed by atoms with Crippen molar-refractivity contribution in [2.45, 2.75) is 19.9 Å². The van der Waals surface area contributed by atoms with Crippen LogP contribution in [0.2, 0.25) is 0 Å². The Labute approximate surface area is 223 Å². The van der Waals surface area contributed by atoms with Crippen molar-refractivity contribution in [3.63, 3.8) is 0 Å². The number of thiazole rings is 1. The number of nitrogens with zero attached hydrogens (tertiary/aromatic N) is 2. The minimum absolute atomic E-state index is 0.0235. The molecule has 1 atom stereocenters. The van der Waals surface area contributed by atoms with Crippen LogP contribution in [-0.2, 0) is 9.59 Å². The Balaban J connectivity index is 1.72. The average molecular weight is 531 g/mol. The monoisotopic (exact) mass is 530 g/mol. The molecule has 4 aromatic rings. The molecule has 0 aliphatic carbocycles. The standard InChI is InChI=1S/C29H26N2O6S/c1-4-36-21-14-11-18(15-22(21)37-5-2)25-24(26(32)17-9-7-6-8-10-17)27(33)28(34)31(25)29-30-20-13-12-19(35-3)16-23(20)38-29/h6-16,25,32H,4-5H2,1-3H3/b26-24+. The van der Waals surface area contributed by atoms with Gasteiger partial charge in [-0.1, -0.05) is 47.7 Å². The molecule has 0 saturated carbocycles. The maximum absolute atomic E-state index is 13.5. The number of ketones is 1. The Morgan fingerprint density at radius 3 is 2.42 bits per heavy atom. The zero-order valence-electron chi connectivity index (χ0n) is 21.1. The van der Waals surface area contributed by atoms with E-state index in [4.69, 9.17) is 14.2 Å². The highest BCUT2D eigenvalue weighted by atomic mass is 32.1. The molecule has 2 heterocycles. The Hall–Kier alpha value is -4.37. The molecule has 1 aliphatic heterocycles. The number of aliphatic hydroxyl groups is 1.